The minimum Gasteiger partial charge on any atom is -0.478 e. The van der Waals surface area contributed by atoms with Crippen LogP contribution in [0.4, 0.5) is 13.2 Å². The third-order valence-corrected chi connectivity index (χ3v) is 6.38. The number of halogens is 3. The second kappa shape index (κ2) is 7.90. The first-order valence-electron chi connectivity index (χ1n) is 10.6. The largest absolute Gasteiger partial charge is 0.478 e. The average molecular weight is 470 g/mol. The van der Waals surface area contributed by atoms with Crippen molar-refractivity contribution in [2.24, 2.45) is 0 Å². The van der Waals surface area contributed by atoms with E-state index in [1.165, 1.54) is 36.4 Å². The molecule has 0 radical (unpaired) electrons. The van der Waals surface area contributed by atoms with Crippen molar-refractivity contribution < 1.29 is 38.8 Å². The summed E-state index contributed by atoms with van der Waals surface area (Å²) in [6, 6.07) is 14.3. The Morgan fingerprint density at radius 3 is 2.44 bits per heavy atom. The molecular formula is C26H21F3O5. The van der Waals surface area contributed by atoms with Gasteiger partial charge in [0.05, 0.1) is 16.5 Å². The van der Waals surface area contributed by atoms with Gasteiger partial charge in [-0.25, -0.2) is 4.79 Å². The van der Waals surface area contributed by atoms with Gasteiger partial charge in [0.15, 0.2) is 11.5 Å². The summed E-state index contributed by atoms with van der Waals surface area (Å²) in [6.45, 7) is 0.122. The van der Waals surface area contributed by atoms with Crippen molar-refractivity contribution in [1.82, 2.24) is 0 Å². The summed E-state index contributed by atoms with van der Waals surface area (Å²) in [4.78, 5) is 24.6. The van der Waals surface area contributed by atoms with Crippen LogP contribution >= 0.6 is 0 Å². The maximum atomic E-state index is 13.7. The van der Waals surface area contributed by atoms with Crippen molar-refractivity contribution in [3.05, 3.63) is 82.9 Å². The molecule has 1 heterocycles. The molecule has 0 unspecified atom stereocenters. The van der Waals surface area contributed by atoms with Crippen LogP contribution in [-0.4, -0.2) is 23.7 Å². The zero-order valence-corrected chi connectivity index (χ0v) is 17.8. The zero-order valence-electron chi connectivity index (χ0n) is 17.8. The molecule has 5 nitrogen and oxygen atoms in total. The van der Waals surface area contributed by atoms with Crippen LogP contribution in [0.2, 0.25) is 0 Å². The molecular weight excluding hydrogens is 449 g/mol. The number of Topliss-reactive ketones (excluding diaryl/α,β-unsaturated/α-hetero) is 1. The van der Waals surface area contributed by atoms with Gasteiger partial charge in [0.25, 0.3) is 0 Å². The number of ether oxygens (including phenoxy) is 2. The Bertz CT molecular complexity index is 1310. The van der Waals surface area contributed by atoms with E-state index in [0.717, 1.165) is 11.6 Å². The Morgan fingerprint density at radius 1 is 0.971 bits per heavy atom. The molecule has 0 spiro atoms. The van der Waals surface area contributed by atoms with E-state index in [1.807, 2.05) is 6.07 Å². The molecule has 5 rings (SSSR count). The van der Waals surface area contributed by atoms with Gasteiger partial charge in [-0.15, -0.1) is 0 Å². The molecule has 176 valence electrons. The van der Waals surface area contributed by atoms with E-state index in [4.69, 9.17) is 9.47 Å². The lowest BCUT2D eigenvalue weighted by molar-refractivity contribution is -0.137. The third-order valence-electron chi connectivity index (χ3n) is 6.38. The molecule has 0 aromatic heterocycles. The summed E-state index contributed by atoms with van der Waals surface area (Å²) in [5.41, 5.74) is -0.487. The highest BCUT2D eigenvalue weighted by Crippen LogP contribution is 2.51. The van der Waals surface area contributed by atoms with E-state index in [0.29, 0.717) is 29.9 Å². The molecule has 3 aromatic carbocycles. The predicted octanol–water partition coefficient (Wildman–Crippen LogP) is 5.89. The first-order valence-corrected chi connectivity index (χ1v) is 10.6. The fraction of sp³-hybridized carbons (Fsp3) is 0.231. The highest BCUT2D eigenvalue weighted by molar-refractivity contribution is 5.95. The van der Waals surface area contributed by atoms with Crippen molar-refractivity contribution in [3.8, 4) is 22.6 Å². The van der Waals surface area contributed by atoms with Crippen LogP contribution in [0.1, 0.15) is 41.3 Å². The van der Waals surface area contributed by atoms with Gasteiger partial charge in [-0.2, -0.15) is 13.2 Å². The molecule has 0 amide bonds. The number of alkyl halides is 3. The number of benzene rings is 3. The van der Waals surface area contributed by atoms with Crippen molar-refractivity contribution in [1.29, 1.82) is 0 Å². The fourth-order valence-corrected chi connectivity index (χ4v) is 4.41. The van der Waals surface area contributed by atoms with E-state index >= 15 is 0 Å². The van der Waals surface area contributed by atoms with Crippen molar-refractivity contribution in [2.75, 3.05) is 6.79 Å². The molecule has 1 aliphatic heterocycles. The number of ketones is 1. The summed E-state index contributed by atoms with van der Waals surface area (Å²) >= 11 is 0. The summed E-state index contributed by atoms with van der Waals surface area (Å²) in [7, 11) is 0. The Hall–Kier alpha value is -3.81. The number of aromatic carboxylic acids is 1. The SMILES string of the molecule is O=C(O)c1cccc(-c2cc(CC(=O)C3(c4ccc5c(c4)OCO5)CC3)ccc2C(F)(F)F)c1.[HH]. The molecule has 8 heteroatoms. The topological polar surface area (TPSA) is 72.8 Å². The lowest BCUT2D eigenvalue weighted by Gasteiger charge is -2.18. The molecule has 1 fully saturated rings. The van der Waals surface area contributed by atoms with Gasteiger partial charge < -0.3 is 14.6 Å². The number of carbonyl (C=O) groups excluding carboxylic acids is 1. The lowest BCUT2D eigenvalue weighted by atomic mass is 9.86. The number of carbonyl (C=O) groups is 2. The van der Waals surface area contributed by atoms with Crippen LogP contribution in [0.25, 0.3) is 11.1 Å². The summed E-state index contributed by atoms with van der Waals surface area (Å²) in [5.74, 6) is -0.132. The van der Waals surface area contributed by atoms with Crippen LogP contribution in [-0.2, 0) is 22.8 Å². The summed E-state index contributed by atoms with van der Waals surface area (Å²) in [5, 5.41) is 9.24. The smallest absolute Gasteiger partial charge is 0.417 e. The van der Waals surface area contributed by atoms with E-state index in [9.17, 15) is 27.9 Å². The first kappa shape index (κ1) is 22.0. The molecule has 1 saturated carbocycles. The fourth-order valence-electron chi connectivity index (χ4n) is 4.41. The van der Waals surface area contributed by atoms with Crippen LogP contribution in [0.15, 0.2) is 60.7 Å². The third kappa shape index (κ3) is 3.89. The predicted molar refractivity (Wildman–Crippen MR) is 118 cm³/mol. The number of hydrogen-bond acceptors (Lipinski definition) is 4. The molecule has 0 atom stereocenters. The van der Waals surface area contributed by atoms with E-state index < -0.39 is 23.1 Å². The van der Waals surface area contributed by atoms with Gasteiger partial charge in [-0.05, 0) is 65.4 Å². The van der Waals surface area contributed by atoms with Crippen LogP contribution < -0.4 is 9.47 Å². The number of hydrogen-bond donors (Lipinski definition) is 1. The minimum absolute atomic E-state index is 0. The Kier molecular flexibility index (Phi) is 5.11. The molecule has 0 saturated heterocycles. The van der Waals surface area contributed by atoms with E-state index in [-0.39, 0.29) is 37.1 Å². The molecule has 2 aliphatic rings. The summed E-state index contributed by atoms with van der Waals surface area (Å²) in [6.07, 6.45) is -3.38. The van der Waals surface area contributed by atoms with Gasteiger partial charge in [0.1, 0.15) is 5.78 Å². The summed E-state index contributed by atoms with van der Waals surface area (Å²) < 4.78 is 51.9. The van der Waals surface area contributed by atoms with Gasteiger partial charge in [0, 0.05) is 7.85 Å². The van der Waals surface area contributed by atoms with Crippen LogP contribution in [0.5, 0.6) is 11.5 Å². The normalized spacial score (nSPS) is 15.7. The minimum atomic E-state index is -4.64. The monoisotopic (exact) mass is 470 g/mol. The van der Waals surface area contributed by atoms with Crippen molar-refractivity contribution >= 4 is 11.8 Å². The number of carboxylic acids is 1. The zero-order chi connectivity index (χ0) is 24.1. The standard InChI is InChI=1S/C26H19F3O5.H2/c27-26(28,29)20-6-4-15(10-19(20)16-2-1-3-17(12-16)24(31)32)11-23(30)25(8-9-25)18-5-7-21-22(13-18)34-14-33-21;/h1-7,10,12-13H,8-9,11,14H2,(H,31,32);1H. The molecule has 0 bridgehead atoms. The van der Waals surface area contributed by atoms with Crippen molar-refractivity contribution in [3.63, 3.8) is 0 Å². The Labute approximate surface area is 194 Å². The van der Waals surface area contributed by atoms with E-state index in [2.05, 4.69) is 0 Å². The Balaban J connectivity index is 0.00000289. The van der Waals surface area contributed by atoms with Crippen molar-refractivity contribution in [2.45, 2.75) is 30.9 Å². The lowest BCUT2D eigenvalue weighted by Crippen LogP contribution is -2.22. The maximum Gasteiger partial charge on any atom is 0.417 e. The molecule has 1 N–H and O–H groups in total. The number of rotatable bonds is 6. The molecule has 1 aliphatic carbocycles. The van der Waals surface area contributed by atoms with Crippen LogP contribution in [0, 0.1) is 0 Å². The second-order valence-corrected chi connectivity index (χ2v) is 8.51. The highest BCUT2D eigenvalue weighted by Gasteiger charge is 2.50. The van der Waals surface area contributed by atoms with E-state index in [1.54, 1.807) is 12.1 Å². The van der Waals surface area contributed by atoms with Gasteiger partial charge in [-0.3, -0.25) is 4.79 Å². The van der Waals surface area contributed by atoms with Crippen LogP contribution in [0.3, 0.4) is 0 Å². The Morgan fingerprint density at radius 2 is 1.74 bits per heavy atom. The van der Waals surface area contributed by atoms with Gasteiger partial charge >= 0.3 is 12.1 Å². The second-order valence-electron chi connectivity index (χ2n) is 8.51. The van der Waals surface area contributed by atoms with Gasteiger partial charge in [0.2, 0.25) is 6.79 Å². The first-order chi connectivity index (χ1) is 16.2. The number of carboxylic acid groups (broad SMARTS) is 1. The number of fused-ring (bicyclic) bond motifs is 1. The highest BCUT2D eigenvalue weighted by atomic mass is 19.4. The maximum absolute atomic E-state index is 13.7. The average Bonchev–Trinajstić information content (AvgIpc) is 3.49. The molecule has 34 heavy (non-hydrogen) atoms. The quantitative estimate of drug-likeness (QED) is 0.487. The molecule has 3 aromatic rings. The van der Waals surface area contributed by atoms with Gasteiger partial charge in [-0.1, -0.05) is 30.3 Å².